The molecule has 7 heteroatoms. The molecule has 4 N–H and O–H groups in total. The molecule has 0 amide bonds. The van der Waals surface area contributed by atoms with E-state index in [9.17, 15) is 5.11 Å². The summed E-state index contributed by atoms with van der Waals surface area (Å²) >= 11 is 0. The number of para-hydroxylation sites is 2. The van der Waals surface area contributed by atoms with Crippen LogP contribution in [0.15, 0.2) is 60.7 Å². The highest BCUT2D eigenvalue weighted by atomic mass is 16.3. The number of rotatable bonds is 6. The number of nitrogens with one attached hydrogen (secondary N) is 3. The monoisotopic (exact) mass is 376 g/mol. The van der Waals surface area contributed by atoms with Crippen molar-refractivity contribution in [3.8, 4) is 0 Å². The third-order valence-electron chi connectivity index (χ3n) is 4.74. The van der Waals surface area contributed by atoms with Gasteiger partial charge in [0, 0.05) is 11.4 Å². The van der Waals surface area contributed by atoms with Gasteiger partial charge in [-0.25, -0.2) is 0 Å². The van der Waals surface area contributed by atoms with Crippen LogP contribution in [0.1, 0.15) is 25.7 Å². The Hall–Kier alpha value is -3.19. The first kappa shape index (κ1) is 18.2. The van der Waals surface area contributed by atoms with Crippen LogP contribution in [0.4, 0.5) is 29.2 Å². The average molecular weight is 376 g/mol. The van der Waals surface area contributed by atoms with Crippen molar-refractivity contribution in [1.82, 2.24) is 15.0 Å². The lowest BCUT2D eigenvalue weighted by atomic mass is 9.93. The van der Waals surface area contributed by atoms with Crippen LogP contribution < -0.4 is 16.0 Å². The van der Waals surface area contributed by atoms with Crippen molar-refractivity contribution >= 4 is 29.2 Å². The Kier molecular flexibility index (Phi) is 5.63. The van der Waals surface area contributed by atoms with Crippen molar-refractivity contribution in [3.63, 3.8) is 0 Å². The Morgan fingerprint density at radius 1 is 0.679 bits per heavy atom. The van der Waals surface area contributed by atoms with Gasteiger partial charge in [0.1, 0.15) is 0 Å². The van der Waals surface area contributed by atoms with Gasteiger partial charge in [0.2, 0.25) is 17.8 Å². The number of hydrogen-bond donors (Lipinski definition) is 4. The van der Waals surface area contributed by atoms with Gasteiger partial charge < -0.3 is 21.1 Å². The fraction of sp³-hybridized carbons (Fsp3) is 0.286. The molecule has 144 valence electrons. The summed E-state index contributed by atoms with van der Waals surface area (Å²) < 4.78 is 0. The van der Waals surface area contributed by atoms with E-state index < -0.39 is 0 Å². The predicted octanol–water partition coefficient (Wildman–Crippen LogP) is 4.07. The van der Waals surface area contributed by atoms with Crippen molar-refractivity contribution in [1.29, 1.82) is 0 Å². The zero-order valence-electron chi connectivity index (χ0n) is 15.5. The van der Waals surface area contributed by atoms with E-state index in [4.69, 9.17) is 0 Å². The molecule has 3 aromatic rings. The topological polar surface area (TPSA) is 95.0 Å². The quantitative estimate of drug-likeness (QED) is 0.515. The molecule has 28 heavy (non-hydrogen) atoms. The summed E-state index contributed by atoms with van der Waals surface area (Å²) in [5.41, 5.74) is 1.78. The number of aliphatic hydroxyl groups is 1. The van der Waals surface area contributed by atoms with E-state index in [1.54, 1.807) is 0 Å². The van der Waals surface area contributed by atoms with Gasteiger partial charge in [0.25, 0.3) is 0 Å². The molecule has 1 aliphatic carbocycles. The molecule has 0 spiro atoms. The van der Waals surface area contributed by atoms with Crippen LogP contribution >= 0.6 is 0 Å². The maximum Gasteiger partial charge on any atom is 0.233 e. The second-order valence-electron chi connectivity index (χ2n) is 6.89. The molecule has 2 unspecified atom stereocenters. The largest absolute Gasteiger partial charge is 0.391 e. The molecule has 0 bridgehead atoms. The zero-order valence-corrected chi connectivity index (χ0v) is 15.5. The molecule has 1 heterocycles. The van der Waals surface area contributed by atoms with E-state index in [0.29, 0.717) is 17.8 Å². The Morgan fingerprint density at radius 3 is 1.71 bits per heavy atom. The standard InChI is InChI=1S/C21H24N6O/c28-18-14-8-7-13-17(18)24-21-26-19(22-15-9-3-1-4-10-15)25-20(27-21)23-16-11-5-2-6-12-16/h1-6,9-12,17-18,28H,7-8,13-14H2,(H3,22,23,24,25,26,27). The normalized spacial score (nSPS) is 19.0. The second-order valence-corrected chi connectivity index (χ2v) is 6.89. The molecule has 1 aromatic heterocycles. The summed E-state index contributed by atoms with van der Waals surface area (Å²) in [5, 5.41) is 20.0. The number of aromatic nitrogens is 3. The summed E-state index contributed by atoms with van der Waals surface area (Å²) in [7, 11) is 0. The zero-order chi connectivity index (χ0) is 19.2. The van der Waals surface area contributed by atoms with Gasteiger partial charge >= 0.3 is 0 Å². The van der Waals surface area contributed by atoms with Gasteiger partial charge in [-0.15, -0.1) is 0 Å². The third-order valence-corrected chi connectivity index (χ3v) is 4.74. The fourth-order valence-electron chi connectivity index (χ4n) is 3.30. The molecule has 1 aliphatic rings. The van der Waals surface area contributed by atoms with E-state index in [0.717, 1.165) is 37.1 Å². The lowest BCUT2D eigenvalue weighted by molar-refractivity contribution is 0.116. The minimum absolute atomic E-state index is 0.0506. The summed E-state index contributed by atoms with van der Waals surface area (Å²) in [4.78, 5) is 13.5. The average Bonchev–Trinajstić information content (AvgIpc) is 2.71. The molecular formula is C21H24N6O. The van der Waals surface area contributed by atoms with Crippen molar-refractivity contribution < 1.29 is 5.11 Å². The Morgan fingerprint density at radius 2 is 1.18 bits per heavy atom. The van der Waals surface area contributed by atoms with Crippen LogP contribution in [0, 0.1) is 0 Å². The molecule has 0 saturated heterocycles. The Labute approximate surface area is 164 Å². The van der Waals surface area contributed by atoms with Crippen LogP contribution in [0.25, 0.3) is 0 Å². The van der Waals surface area contributed by atoms with Crippen molar-refractivity contribution in [2.45, 2.75) is 37.8 Å². The molecule has 1 fully saturated rings. The van der Waals surface area contributed by atoms with Gasteiger partial charge in [0.15, 0.2) is 0 Å². The highest BCUT2D eigenvalue weighted by Crippen LogP contribution is 2.23. The predicted molar refractivity (Wildman–Crippen MR) is 111 cm³/mol. The molecule has 1 saturated carbocycles. The van der Waals surface area contributed by atoms with Gasteiger partial charge in [0.05, 0.1) is 12.1 Å². The first-order valence-electron chi connectivity index (χ1n) is 9.61. The summed E-state index contributed by atoms with van der Waals surface area (Å²) in [6.45, 7) is 0. The number of hydrogen-bond acceptors (Lipinski definition) is 7. The van der Waals surface area contributed by atoms with E-state index in [2.05, 4.69) is 30.9 Å². The van der Waals surface area contributed by atoms with Gasteiger partial charge in [-0.3, -0.25) is 0 Å². The third kappa shape index (κ3) is 4.75. The van der Waals surface area contributed by atoms with E-state index >= 15 is 0 Å². The van der Waals surface area contributed by atoms with Crippen molar-refractivity contribution in [2.24, 2.45) is 0 Å². The number of nitrogens with zero attached hydrogens (tertiary/aromatic N) is 3. The highest BCUT2D eigenvalue weighted by Gasteiger charge is 2.24. The first-order chi connectivity index (χ1) is 13.8. The van der Waals surface area contributed by atoms with E-state index in [-0.39, 0.29) is 12.1 Å². The fourth-order valence-corrected chi connectivity index (χ4v) is 3.30. The van der Waals surface area contributed by atoms with Crippen LogP contribution in [0.5, 0.6) is 0 Å². The van der Waals surface area contributed by atoms with Gasteiger partial charge in [-0.1, -0.05) is 49.2 Å². The second kappa shape index (κ2) is 8.67. The number of aliphatic hydroxyl groups excluding tert-OH is 1. The minimum atomic E-state index is -0.387. The van der Waals surface area contributed by atoms with Gasteiger partial charge in [-0.05, 0) is 37.1 Å². The SMILES string of the molecule is OC1CCCCC1Nc1nc(Nc2ccccc2)nc(Nc2ccccc2)n1. The van der Waals surface area contributed by atoms with Crippen molar-refractivity contribution in [2.75, 3.05) is 16.0 Å². The minimum Gasteiger partial charge on any atom is -0.391 e. The molecular weight excluding hydrogens is 352 g/mol. The lowest BCUT2D eigenvalue weighted by Gasteiger charge is -2.28. The Bertz CT molecular complexity index is 830. The Balaban J connectivity index is 1.60. The van der Waals surface area contributed by atoms with E-state index in [1.165, 1.54) is 0 Å². The summed E-state index contributed by atoms with van der Waals surface area (Å²) in [6.07, 6.45) is 3.45. The summed E-state index contributed by atoms with van der Waals surface area (Å²) in [6, 6.07) is 19.5. The van der Waals surface area contributed by atoms with E-state index in [1.807, 2.05) is 60.7 Å². The van der Waals surface area contributed by atoms with Crippen LogP contribution in [-0.2, 0) is 0 Å². The molecule has 0 aliphatic heterocycles. The summed E-state index contributed by atoms with van der Waals surface area (Å²) in [5.74, 6) is 1.32. The molecule has 4 rings (SSSR count). The number of anilines is 5. The lowest BCUT2D eigenvalue weighted by Crippen LogP contribution is -2.37. The first-order valence-corrected chi connectivity index (χ1v) is 9.61. The highest BCUT2D eigenvalue weighted by molar-refractivity contribution is 5.59. The molecule has 2 atom stereocenters. The van der Waals surface area contributed by atoms with Crippen LogP contribution in [0.2, 0.25) is 0 Å². The van der Waals surface area contributed by atoms with Gasteiger partial charge in [-0.2, -0.15) is 15.0 Å². The van der Waals surface area contributed by atoms with Crippen LogP contribution in [-0.4, -0.2) is 32.2 Å². The molecule has 0 radical (unpaired) electrons. The van der Waals surface area contributed by atoms with Crippen LogP contribution in [0.3, 0.4) is 0 Å². The maximum absolute atomic E-state index is 10.3. The van der Waals surface area contributed by atoms with Crippen molar-refractivity contribution in [3.05, 3.63) is 60.7 Å². The molecule has 2 aromatic carbocycles. The maximum atomic E-state index is 10.3. The smallest absolute Gasteiger partial charge is 0.233 e. The number of benzene rings is 2. The molecule has 7 nitrogen and oxygen atoms in total.